The summed E-state index contributed by atoms with van der Waals surface area (Å²) < 4.78 is 0. The van der Waals surface area contributed by atoms with Crippen molar-refractivity contribution in [3.63, 3.8) is 0 Å². The van der Waals surface area contributed by atoms with Crippen LogP contribution in [0.1, 0.15) is 26.5 Å². The van der Waals surface area contributed by atoms with Crippen molar-refractivity contribution in [2.45, 2.75) is 26.2 Å². The van der Waals surface area contributed by atoms with Crippen LogP contribution in [-0.4, -0.2) is 9.89 Å². The largest absolute Gasteiger partial charge is 0.320 e. The molecule has 84 valence electrons. The predicted octanol–water partition coefficient (Wildman–Crippen LogP) is 1.41. The fourth-order valence-electron chi connectivity index (χ4n) is 1.76. The maximum absolute atomic E-state index is 11.8. The normalized spacial score (nSPS) is 11.9. The lowest BCUT2D eigenvalue weighted by molar-refractivity contribution is 0.548. The maximum atomic E-state index is 11.8. The van der Waals surface area contributed by atoms with Crippen LogP contribution in [0.25, 0.3) is 10.8 Å². The van der Waals surface area contributed by atoms with Gasteiger partial charge in [0.25, 0.3) is 5.56 Å². The van der Waals surface area contributed by atoms with Crippen LogP contribution in [-0.2, 0) is 5.41 Å². The zero-order valence-corrected chi connectivity index (χ0v) is 9.69. The van der Waals surface area contributed by atoms with Crippen molar-refractivity contribution >= 4 is 10.8 Å². The van der Waals surface area contributed by atoms with Crippen molar-refractivity contribution in [2.24, 2.45) is 0 Å². The highest BCUT2D eigenvalue weighted by atomic mass is 16.1. The number of rotatable bonds is 0. The van der Waals surface area contributed by atoms with Gasteiger partial charge in [0, 0.05) is 10.8 Å². The summed E-state index contributed by atoms with van der Waals surface area (Å²) >= 11 is 0. The molecule has 0 aliphatic heterocycles. The van der Waals surface area contributed by atoms with Crippen molar-refractivity contribution in [3.8, 4) is 0 Å². The minimum absolute atomic E-state index is 0.144. The van der Waals surface area contributed by atoms with Gasteiger partial charge in [-0.25, -0.2) is 0 Å². The van der Waals surface area contributed by atoms with Gasteiger partial charge < -0.3 is 5.84 Å². The summed E-state index contributed by atoms with van der Waals surface area (Å²) in [5.74, 6) is 5.58. The van der Waals surface area contributed by atoms with Gasteiger partial charge in [0.2, 0.25) is 0 Å². The Morgan fingerprint density at radius 1 is 1.19 bits per heavy atom. The second-order valence-electron chi connectivity index (χ2n) is 4.89. The maximum Gasteiger partial charge on any atom is 0.293 e. The van der Waals surface area contributed by atoms with E-state index < -0.39 is 0 Å². The molecular weight excluding hydrogens is 202 g/mol. The first-order valence-corrected chi connectivity index (χ1v) is 5.19. The number of benzene rings is 1. The van der Waals surface area contributed by atoms with Crippen molar-refractivity contribution in [2.75, 3.05) is 5.84 Å². The van der Waals surface area contributed by atoms with Crippen LogP contribution in [0.15, 0.2) is 29.1 Å². The Morgan fingerprint density at radius 2 is 1.75 bits per heavy atom. The average molecular weight is 217 g/mol. The summed E-state index contributed by atoms with van der Waals surface area (Å²) in [4.78, 5) is 12.7. The summed E-state index contributed by atoms with van der Waals surface area (Å²) in [5, 5.41) is 5.65. The van der Waals surface area contributed by atoms with Crippen molar-refractivity contribution in [1.82, 2.24) is 9.89 Å². The Labute approximate surface area is 93.7 Å². The molecule has 1 aromatic carbocycles. The second-order valence-corrected chi connectivity index (χ2v) is 4.89. The zero-order chi connectivity index (χ0) is 11.9. The van der Waals surface area contributed by atoms with Gasteiger partial charge in [-0.15, -0.1) is 4.79 Å². The molecule has 1 aromatic heterocycles. The first kappa shape index (κ1) is 10.7. The highest BCUT2D eigenvalue weighted by molar-refractivity contribution is 5.84. The topological polar surface area (TPSA) is 60.9 Å². The molecule has 0 saturated heterocycles. The molecule has 1 heterocycles. The summed E-state index contributed by atoms with van der Waals surface area (Å²) in [6.07, 6.45) is 0. The van der Waals surface area contributed by atoms with Crippen LogP contribution in [0.4, 0.5) is 0 Å². The van der Waals surface area contributed by atoms with Crippen molar-refractivity contribution in [1.29, 1.82) is 0 Å². The van der Waals surface area contributed by atoms with Crippen LogP contribution in [0, 0.1) is 0 Å². The van der Waals surface area contributed by atoms with Gasteiger partial charge >= 0.3 is 0 Å². The van der Waals surface area contributed by atoms with Gasteiger partial charge in [0.05, 0.1) is 11.1 Å². The molecule has 16 heavy (non-hydrogen) atoms. The third-order valence-electron chi connectivity index (χ3n) is 2.54. The van der Waals surface area contributed by atoms with E-state index in [2.05, 4.69) is 5.10 Å². The third-order valence-corrected chi connectivity index (χ3v) is 2.54. The quantitative estimate of drug-likeness (QED) is 0.679. The molecule has 2 rings (SSSR count). The number of hydrogen-bond donors (Lipinski definition) is 1. The van der Waals surface area contributed by atoms with Crippen LogP contribution >= 0.6 is 0 Å². The van der Waals surface area contributed by atoms with Gasteiger partial charge in [-0.1, -0.05) is 39.0 Å². The molecule has 0 atom stereocenters. The number of fused-ring (bicyclic) bond motifs is 1. The SMILES string of the molecule is CC(C)(C)c1nn(N)c(=O)c2ccccc12. The minimum Gasteiger partial charge on any atom is -0.320 e. The number of hydrogen-bond acceptors (Lipinski definition) is 3. The van der Waals surface area contributed by atoms with Crippen LogP contribution in [0.3, 0.4) is 0 Å². The highest BCUT2D eigenvalue weighted by Crippen LogP contribution is 2.25. The summed E-state index contributed by atoms with van der Waals surface area (Å²) in [6.45, 7) is 6.14. The lowest BCUT2D eigenvalue weighted by atomic mass is 9.89. The molecule has 2 N–H and O–H groups in total. The van der Waals surface area contributed by atoms with E-state index in [9.17, 15) is 4.79 Å². The molecule has 0 aliphatic rings. The molecule has 0 unspecified atom stereocenters. The van der Waals surface area contributed by atoms with Gasteiger partial charge in [0.1, 0.15) is 0 Å². The highest BCUT2D eigenvalue weighted by Gasteiger charge is 2.20. The van der Waals surface area contributed by atoms with E-state index in [1.54, 1.807) is 6.07 Å². The van der Waals surface area contributed by atoms with E-state index in [4.69, 9.17) is 5.84 Å². The molecule has 0 aliphatic carbocycles. The van der Waals surface area contributed by atoms with Gasteiger partial charge in [0.15, 0.2) is 0 Å². The molecule has 0 spiro atoms. The molecule has 0 fully saturated rings. The Kier molecular flexibility index (Phi) is 2.22. The molecule has 0 saturated carbocycles. The Balaban J connectivity index is 2.97. The van der Waals surface area contributed by atoms with E-state index in [1.165, 1.54) is 0 Å². The fraction of sp³-hybridized carbons (Fsp3) is 0.333. The average Bonchev–Trinajstić information content (AvgIpc) is 2.22. The van der Waals surface area contributed by atoms with Crippen LogP contribution in [0.2, 0.25) is 0 Å². The van der Waals surface area contributed by atoms with E-state index >= 15 is 0 Å². The molecule has 0 radical (unpaired) electrons. The summed E-state index contributed by atoms with van der Waals surface area (Å²) in [7, 11) is 0. The second kappa shape index (κ2) is 3.33. The molecule has 4 nitrogen and oxygen atoms in total. The summed E-state index contributed by atoms with van der Waals surface area (Å²) in [5.41, 5.74) is 0.433. The third kappa shape index (κ3) is 1.56. The Bertz CT molecular complexity index is 593. The molecule has 0 amide bonds. The molecule has 4 heteroatoms. The fourth-order valence-corrected chi connectivity index (χ4v) is 1.76. The Hall–Kier alpha value is -1.84. The standard InChI is InChI=1S/C12H15N3O/c1-12(2,3)10-8-6-4-5-7-9(8)11(16)15(13)14-10/h4-7H,13H2,1-3H3. The van der Waals surface area contributed by atoms with Crippen LogP contribution < -0.4 is 11.4 Å². The minimum atomic E-state index is -0.261. The smallest absolute Gasteiger partial charge is 0.293 e. The van der Waals surface area contributed by atoms with E-state index in [0.29, 0.717) is 5.39 Å². The molecule has 2 aromatic rings. The first-order valence-electron chi connectivity index (χ1n) is 5.19. The summed E-state index contributed by atoms with van der Waals surface area (Å²) in [6, 6.07) is 7.41. The molecular formula is C12H15N3O. The van der Waals surface area contributed by atoms with Gasteiger partial charge in [-0.3, -0.25) is 4.79 Å². The van der Waals surface area contributed by atoms with Crippen molar-refractivity contribution < 1.29 is 0 Å². The van der Waals surface area contributed by atoms with E-state index in [-0.39, 0.29) is 11.0 Å². The zero-order valence-electron chi connectivity index (χ0n) is 9.69. The number of aromatic nitrogens is 2. The monoisotopic (exact) mass is 217 g/mol. The predicted molar refractivity (Wildman–Crippen MR) is 64.9 cm³/mol. The van der Waals surface area contributed by atoms with E-state index in [0.717, 1.165) is 15.9 Å². The molecule has 0 bridgehead atoms. The first-order chi connectivity index (χ1) is 7.41. The lowest BCUT2D eigenvalue weighted by Crippen LogP contribution is -2.33. The van der Waals surface area contributed by atoms with Gasteiger partial charge in [-0.2, -0.15) is 5.10 Å². The number of nitrogens with two attached hydrogens (primary N) is 1. The van der Waals surface area contributed by atoms with Gasteiger partial charge in [-0.05, 0) is 6.07 Å². The number of nitrogen functional groups attached to an aromatic ring is 1. The van der Waals surface area contributed by atoms with Crippen molar-refractivity contribution in [3.05, 3.63) is 40.3 Å². The number of nitrogens with zero attached hydrogens (tertiary/aromatic N) is 2. The van der Waals surface area contributed by atoms with Crippen LogP contribution in [0.5, 0.6) is 0 Å². The Morgan fingerprint density at radius 3 is 2.31 bits per heavy atom. The van der Waals surface area contributed by atoms with E-state index in [1.807, 2.05) is 39.0 Å². The lowest BCUT2D eigenvalue weighted by Gasteiger charge is -2.20.